The SMILES string of the molecule is C=CCn1c(SCC(=O)c2c(N)n(CCC)c(=O)n(C)c2=O)nnc1C1COc2ccccc2O1. The van der Waals surface area contributed by atoms with Gasteiger partial charge in [-0.05, 0) is 18.6 Å². The van der Waals surface area contributed by atoms with Gasteiger partial charge in [-0.25, -0.2) is 4.79 Å². The average molecular weight is 499 g/mol. The highest BCUT2D eigenvalue weighted by atomic mass is 32.2. The van der Waals surface area contributed by atoms with Gasteiger partial charge in [0.25, 0.3) is 5.56 Å². The highest BCUT2D eigenvalue weighted by Gasteiger charge is 2.29. The first-order chi connectivity index (χ1) is 16.9. The van der Waals surface area contributed by atoms with Gasteiger partial charge in [-0.3, -0.25) is 23.3 Å². The van der Waals surface area contributed by atoms with Gasteiger partial charge in [0.2, 0.25) is 0 Å². The first-order valence-electron chi connectivity index (χ1n) is 11.0. The number of nitrogens with zero attached hydrogens (tertiary/aromatic N) is 5. The molecule has 4 rings (SSSR count). The summed E-state index contributed by atoms with van der Waals surface area (Å²) in [6.45, 7) is 6.60. The normalized spacial score (nSPS) is 14.6. The van der Waals surface area contributed by atoms with Gasteiger partial charge in [0.1, 0.15) is 18.0 Å². The molecule has 0 amide bonds. The van der Waals surface area contributed by atoms with E-state index < -0.39 is 23.1 Å². The van der Waals surface area contributed by atoms with Crippen molar-refractivity contribution in [3.8, 4) is 11.5 Å². The molecule has 1 unspecified atom stereocenters. The number of ketones is 1. The van der Waals surface area contributed by atoms with E-state index in [-0.39, 0.29) is 23.7 Å². The molecule has 0 aliphatic carbocycles. The quantitative estimate of drug-likeness (QED) is 0.266. The Hall–Kier alpha value is -3.80. The molecule has 1 atom stereocenters. The van der Waals surface area contributed by atoms with E-state index in [1.165, 1.54) is 11.6 Å². The zero-order chi connectivity index (χ0) is 25.1. The van der Waals surface area contributed by atoms with Crippen LogP contribution < -0.4 is 26.5 Å². The second kappa shape index (κ2) is 10.2. The lowest BCUT2D eigenvalue weighted by atomic mass is 10.2. The van der Waals surface area contributed by atoms with Crippen LogP contribution in [0.15, 0.2) is 51.7 Å². The molecule has 3 aromatic rings. The number of hydrogen-bond acceptors (Lipinski definition) is 9. The van der Waals surface area contributed by atoms with Gasteiger partial charge < -0.3 is 15.2 Å². The molecule has 12 heteroatoms. The minimum atomic E-state index is -0.717. The summed E-state index contributed by atoms with van der Waals surface area (Å²) in [6, 6.07) is 7.35. The number of benzene rings is 1. The van der Waals surface area contributed by atoms with Crippen molar-refractivity contribution >= 4 is 23.4 Å². The highest BCUT2D eigenvalue weighted by molar-refractivity contribution is 7.99. The average Bonchev–Trinajstić information content (AvgIpc) is 3.26. The van der Waals surface area contributed by atoms with E-state index in [2.05, 4.69) is 16.8 Å². The van der Waals surface area contributed by atoms with Crippen LogP contribution in [0, 0.1) is 0 Å². The number of nitrogens with two attached hydrogens (primary N) is 1. The van der Waals surface area contributed by atoms with Crippen molar-refractivity contribution in [1.82, 2.24) is 23.9 Å². The number of para-hydroxylation sites is 2. The van der Waals surface area contributed by atoms with E-state index in [1.807, 2.05) is 31.2 Å². The van der Waals surface area contributed by atoms with Gasteiger partial charge in [-0.2, -0.15) is 0 Å². The fraction of sp³-hybridized carbons (Fsp3) is 0.348. The molecule has 2 N–H and O–H groups in total. The molecule has 0 fully saturated rings. The van der Waals surface area contributed by atoms with Crippen LogP contribution in [0.25, 0.3) is 0 Å². The van der Waals surface area contributed by atoms with Crippen molar-refractivity contribution in [1.29, 1.82) is 0 Å². The number of anilines is 1. The number of nitrogen functional groups attached to an aromatic ring is 1. The lowest BCUT2D eigenvalue weighted by Gasteiger charge is -2.26. The molecule has 0 saturated carbocycles. The van der Waals surface area contributed by atoms with Gasteiger partial charge in [0, 0.05) is 20.1 Å². The molecule has 0 spiro atoms. The van der Waals surface area contributed by atoms with E-state index in [9.17, 15) is 14.4 Å². The van der Waals surface area contributed by atoms with Gasteiger partial charge in [0.15, 0.2) is 34.4 Å². The predicted molar refractivity (Wildman–Crippen MR) is 131 cm³/mol. The van der Waals surface area contributed by atoms with Crippen molar-refractivity contribution < 1.29 is 14.3 Å². The van der Waals surface area contributed by atoms with Gasteiger partial charge in [-0.15, -0.1) is 16.8 Å². The van der Waals surface area contributed by atoms with Crippen molar-refractivity contribution in [3.63, 3.8) is 0 Å². The molecule has 0 bridgehead atoms. The third kappa shape index (κ3) is 4.61. The molecule has 1 aliphatic rings. The number of carbonyl (C=O) groups is 1. The zero-order valence-corrected chi connectivity index (χ0v) is 20.3. The summed E-state index contributed by atoms with van der Waals surface area (Å²) in [6.07, 6.45) is 1.81. The molecule has 11 nitrogen and oxygen atoms in total. The summed E-state index contributed by atoms with van der Waals surface area (Å²) in [5.74, 6) is 1.05. The summed E-state index contributed by atoms with van der Waals surface area (Å²) >= 11 is 1.11. The maximum absolute atomic E-state index is 13.0. The van der Waals surface area contributed by atoms with Crippen molar-refractivity contribution in [2.24, 2.45) is 7.05 Å². The van der Waals surface area contributed by atoms with Crippen LogP contribution in [0.3, 0.4) is 0 Å². The lowest BCUT2D eigenvalue weighted by molar-refractivity contribution is 0.0821. The zero-order valence-electron chi connectivity index (χ0n) is 19.5. The maximum atomic E-state index is 13.0. The first kappa shape index (κ1) is 24.3. The molecule has 35 heavy (non-hydrogen) atoms. The second-order valence-electron chi connectivity index (χ2n) is 7.87. The van der Waals surface area contributed by atoms with E-state index in [0.29, 0.717) is 42.0 Å². The first-order valence-corrected chi connectivity index (χ1v) is 12.0. The Morgan fingerprint density at radius 3 is 2.71 bits per heavy atom. The van der Waals surface area contributed by atoms with Gasteiger partial charge >= 0.3 is 5.69 Å². The van der Waals surface area contributed by atoms with E-state index in [1.54, 1.807) is 10.6 Å². The Morgan fingerprint density at radius 1 is 1.26 bits per heavy atom. The van der Waals surface area contributed by atoms with Gasteiger partial charge in [0.05, 0.1) is 5.75 Å². The Kier molecular flexibility index (Phi) is 7.10. The number of hydrogen-bond donors (Lipinski definition) is 1. The van der Waals surface area contributed by atoms with Crippen molar-refractivity contribution in [3.05, 3.63) is 69.1 Å². The third-order valence-corrected chi connectivity index (χ3v) is 6.46. The van der Waals surface area contributed by atoms with Crippen LogP contribution in [-0.2, 0) is 20.1 Å². The molecule has 2 aromatic heterocycles. The summed E-state index contributed by atoms with van der Waals surface area (Å²) in [5, 5.41) is 8.95. The van der Waals surface area contributed by atoms with Crippen LogP contribution in [0.2, 0.25) is 0 Å². The van der Waals surface area contributed by atoms with Crippen LogP contribution in [0.1, 0.15) is 35.6 Å². The molecular weight excluding hydrogens is 472 g/mol. The lowest BCUT2D eigenvalue weighted by Crippen LogP contribution is -2.42. The molecule has 1 aromatic carbocycles. The van der Waals surface area contributed by atoms with E-state index >= 15 is 0 Å². The van der Waals surface area contributed by atoms with Crippen molar-refractivity contribution in [2.45, 2.75) is 37.7 Å². The topological polar surface area (TPSA) is 136 Å². The Bertz CT molecular complexity index is 1390. The number of fused-ring (bicyclic) bond motifs is 1. The van der Waals surface area contributed by atoms with E-state index in [0.717, 1.165) is 16.3 Å². The standard InChI is InChI=1S/C23H26N6O5S/c1-4-10-28-19(24)18(21(31)27(3)23(28)32)14(30)13-35-22-26-25-20(29(22)11-5-2)17-12-33-15-8-6-7-9-16(15)34-17/h5-9,17H,2,4,10-13,24H2,1,3H3. The number of allylic oxidation sites excluding steroid dienone is 1. The van der Waals surface area contributed by atoms with Crippen LogP contribution in [0.5, 0.6) is 11.5 Å². The number of ether oxygens (including phenoxy) is 2. The molecule has 1 aliphatic heterocycles. The number of carbonyl (C=O) groups excluding carboxylic acids is 1. The fourth-order valence-corrected chi connectivity index (χ4v) is 4.61. The predicted octanol–water partition coefficient (Wildman–Crippen LogP) is 1.80. The Labute approximate surface area is 205 Å². The van der Waals surface area contributed by atoms with E-state index in [4.69, 9.17) is 15.2 Å². The largest absolute Gasteiger partial charge is 0.485 e. The van der Waals surface area contributed by atoms with Crippen LogP contribution in [0.4, 0.5) is 5.82 Å². The molecule has 0 radical (unpaired) electrons. The van der Waals surface area contributed by atoms with Crippen LogP contribution in [-0.4, -0.2) is 42.0 Å². The minimum Gasteiger partial charge on any atom is -0.485 e. The minimum absolute atomic E-state index is 0.120. The van der Waals surface area contributed by atoms with Gasteiger partial charge in [-0.1, -0.05) is 36.9 Å². The molecule has 0 saturated heterocycles. The number of Topliss-reactive ketones (excluding diaryl/α,β-unsaturated/α-hetero) is 1. The summed E-state index contributed by atoms with van der Waals surface area (Å²) in [7, 11) is 1.33. The number of aromatic nitrogens is 5. The summed E-state index contributed by atoms with van der Waals surface area (Å²) in [4.78, 5) is 38.1. The van der Waals surface area contributed by atoms with Crippen LogP contribution >= 0.6 is 11.8 Å². The summed E-state index contributed by atoms with van der Waals surface area (Å²) < 4.78 is 15.8. The Morgan fingerprint density at radius 2 is 2.00 bits per heavy atom. The Balaban J connectivity index is 1.58. The molecular formula is C23H26N6O5S. The molecule has 3 heterocycles. The second-order valence-corrected chi connectivity index (χ2v) is 8.82. The monoisotopic (exact) mass is 498 g/mol. The smallest absolute Gasteiger partial charge is 0.332 e. The molecule has 184 valence electrons. The summed E-state index contributed by atoms with van der Waals surface area (Å²) in [5.41, 5.74) is 4.60. The van der Waals surface area contributed by atoms with Crippen molar-refractivity contribution in [2.75, 3.05) is 18.1 Å². The third-order valence-electron chi connectivity index (χ3n) is 5.50. The maximum Gasteiger partial charge on any atom is 0.332 e. The number of thioether (sulfide) groups is 1. The highest BCUT2D eigenvalue weighted by Crippen LogP contribution is 2.36. The number of rotatable bonds is 9. The fourth-order valence-electron chi connectivity index (χ4n) is 3.78.